The molecule has 0 aliphatic carbocycles. The van der Waals surface area contributed by atoms with Crippen molar-refractivity contribution in [3.63, 3.8) is 0 Å². The molecule has 1 saturated heterocycles. The number of aromatic hydroxyl groups is 2. The summed E-state index contributed by atoms with van der Waals surface area (Å²) in [6.07, 6.45) is -4.29. The molecule has 36 heavy (non-hydrogen) atoms. The Morgan fingerprint density at radius 1 is 1.25 bits per heavy atom. The molecule has 0 saturated carbocycles. The maximum Gasteiger partial charge on any atom is 0.417 e. The molecule has 0 radical (unpaired) electrons. The van der Waals surface area contributed by atoms with Crippen LogP contribution in [0.2, 0.25) is 5.02 Å². The summed E-state index contributed by atoms with van der Waals surface area (Å²) in [5, 5.41) is 42.5. The van der Waals surface area contributed by atoms with Crippen LogP contribution in [0.5, 0.6) is 17.6 Å². The van der Waals surface area contributed by atoms with Crippen molar-refractivity contribution in [2.45, 2.75) is 43.2 Å². The largest absolute Gasteiger partial charge is 0.494 e. The fraction of sp³-hybridized carbons (Fsp3) is 0.333. The second kappa shape index (κ2) is 8.03. The van der Waals surface area contributed by atoms with Gasteiger partial charge in [0.1, 0.15) is 11.2 Å². The summed E-state index contributed by atoms with van der Waals surface area (Å²) in [4.78, 5) is 4.04. The van der Waals surface area contributed by atoms with Crippen molar-refractivity contribution in [2.24, 2.45) is 0 Å². The van der Waals surface area contributed by atoms with Crippen LogP contribution in [0.1, 0.15) is 42.0 Å². The number of fused-ring (bicyclic) bond motifs is 5. The number of hydrogen-bond acceptors (Lipinski definition) is 7. The Balaban J connectivity index is 1.56. The van der Waals surface area contributed by atoms with Gasteiger partial charge in [0, 0.05) is 25.1 Å². The molecule has 1 fully saturated rings. The minimum Gasteiger partial charge on any atom is -0.494 e. The lowest BCUT2D eigenvalue weighted by Crippen LogP contribution is -2.33. The van der Waals surface area contributed by atoms with Crippen molar-refractivity contribution >= 4 is 11.6 Å². The summed E-state index contributed by atoms with van der Waals surface area (Å²) >= 11 is 5.83. The Morgan fingerprint density at radius 3 is 2.61 bits per heavy atom. The minimum atomic E-state index is -4.83. The van der Waals surface area contributed by atoms with Crippen molar-refractivity contribution in [1.82, 2.24) is 9.55 Å². The number of hydrogen-bond donors (Lipinski definition) is 3. The van der Waals surface area contributed by atoms with Gasteiger partial charge in [-0.25, -0.2) is 4.98 Å². The van der Waals surface area contributed by atoms with Gasteiger partial charge in [-0.2, -0.15) is 18.4 Å². The third-order valence-electron chi connectivity index (χ3n) is 6.78. The summed E-state index contributed by atoms with van der Waals surface area (Å²) in [6, 6.07) is 7.49. The molecule has 0 amide bonds. The number of ether oxygens (including phenoxy) is 2. The van der Waals surface area contributed by atoms with Gasteiger partial charge in [-0.3, -0.25) is 4.57 Å². The van der Waals surface area contributed by atoms with Crippen LogP contribution in [0.4, 0.5) is 13.2 Å². The van der Waals surface area contributed by atoms with Crippen molar-refractivity contribution in [2.75, 3.05) is 6.61 Å². The van der Waals surface area contributed by atoms with Crippen LogP contribution in [0.25, 0.3) is 5.69 Å². The monoisotopic (exact) mass is 521 g/mol. The third kappa shape index (κ3) is 3.48. The lowest BCUT2D eigenvalue weighted by Gasteiger charge is -2.26. The highest BCUT2D eigenvalue weighted by Gasteiger charge is 2.66. The second-order valence-electron chi connectivity index (χ2n) is 8.91. The van der Waals surface area contributed by atoms with E-state index in [1.54, 1.807) is 12.1 Å². The standard InChI is InChI=1S/C24H19ClF3N3O5/c1-22-16(32)9-23(36-22,6-7-35-17-5-3-13(25)11-30-17)19-18(22)20(33)31(21(19)34)14-4-2-12(10-29)15(8-14)24(26,27)28/h2-5,8,11,16,32-34H,6-7,9H2,1H3/t16-,22?,23?/m0/s1. The van der Waals surface area contributed by atoms with Crippen LogP contribution in [-0.4, -0.2) is 37.6 Å². The molecule has 5 rings (SSSR count). The minimum absolute atomic E-state index is 0.0529. The van der Waals surface area contributed by atoms with E-state index in [0.29, 0.717) is 11.1 Å². The molecule has 3 aromatic rings. The van der Waals surface area contributed by atoms with Gasteiger partial charge in [-0.15, -0.1) is 0 Å². The molecular formula is C24H19ClF3N3O5. The number of pyridine rings is 1. The zero-order valence-electron chi connectivity index (χ0n) is 18.7. The first-order chi connectivity index (χ1) is 16.9. The Morgan fingerprint density at radius 2 is 1.97 bits per heavy atom. The van der Waals surface area contributed by atoms with Crippen LogP contribution in [0, 0.1) is 11.3 Å². The predicted octanol–water partition coefficient (Wildman–Crippen LogP) is 4.50. The molecule has 8 nitrogen and oxygen atoms in total. The maximum absolute atomic E-state index is 13.5. The van der Waals surface area contributed by atoms with Crippen LogP contribution in [0.15, 0.2) is 36.5 Å². The number of rotatable bonds is 5. The summed E-state index contributed by atoms with van der Waals surface area (Å²) in [5.74, 6) is -0.804. The molecular weight excluding hydrogens is 503 g/mol. The topological polar surface area (TPSA) is 121 Å². The van der Waals surface area contributed by atoms with Crippen molar-refractivity contribution < 1.29 is 38.0 Å². The molecule has 4 heterocycles. The highest BCUT2D eigenvalue weighted by molar-refractivity contribution is 6.30. The smallest absolute Gasteiger partial charge is 0.417 e. The molecule has 0 spiro atoms. The van der Waals surface area contributed by atoms with E-state index in [9.17, 15) is 28.5 Å². The molecule has 2 aromatic heterocycles. The fourth-order valence-electron chi connectivity index (χ4n) is 5.14. The van der Waals surface area contributed by atoms with Gasteiger partial charge in [0.2, 0.25) is 17.6 Å². The number of aromatic nitrogens is 2. The van der Waals surface area contributed by atoms with E-state index >= 15 is 0 Å². The highest BCUT2D eigenvalue weighted by Crippen LogP contribution is 2.65. The number of benzene rings is 1. The number of nitrogens with zero attached hydrogens (tertiary/aromatic N) is 3. The van der Waals surface area contributed by atoms with E-state index in [1.165, 1.54) is 25.3 Å². The molecule has 3 N–H and O–H groups in total. The lowest BCUT2D eigenvalue weighted by atomic mass is 9.76. The van der Waals surface area contributed by atoms with Gasteiger partial charge >= 0.3 is 6.18 Å². The maximum atomic E-state index is 13.5. The van der Waals surface area contributed by atoms with Crippen molar-refractivity contribution in [3.05, 3.63) is 63.8 Å². The van der Waals surface area contributed by atoms with Gasteiger partial charge in [-0.05, 0) is 31.2 Å². The first kappa shape index (κ1) is 24.2. The van der Waals surface area contributed by atoms with Gasteiger partial charge < -0.3 is 24.8 Å². The summed E-state index contributed by atoms with van der Waals surface area (Å²) in [5.41, 5.74) is -4.46. The number of alkyl halides is 3. The number of halogens is 4. The van der Waals surface area contributed by atoms with Crippen LogP contribution < -0.4 is 4.74 Å². The molecule has 188 valence electrons. The molecule has 2 bridgehead atoms. The molecule has 2 aliphatic rings. The highest BCUT2D eigenvalue weighted by atomic mass is 35.5. The SMILES string of the molecule is CC12OC(CCOc3ccc(Cl)cn3)(C[C@@H]1O)c1c2c(O)n(-c2ccc(C#N)c(C(F)(F)F)c2)c1O. The zero-order valence-corrected chi connectivity index (χ0v) is 19.4. The molecule has 2 aliphatic heterocycles. The normalized spacial score (nSPS) is 24.5. The van der Waals surface area contributed by atoms with Crippen molar-refractivity contribution in [1.29, 1.82) is 5.26 Å². The van der Waals surface area contributed by atoms with E-state index in [0.717, 1.165) is 10.6 Å². The van der Waals surface area contributed by atoms with Crippen LogP contribution >= 0.6 is 11.6 Å². The van der Waals surface area contributed by atoms with E-state index in [4.69, 9.17) is 26.3 Å². The second-order valence-corrected chi connectivity index (χ2v) is 9.34. The third-order valence-corrected chi connectivity index (χ3v) is 7.01. The van der Waals surface area contributed by atoms with Crippen molar-refractivity contribution in [3.8, 4) is 29.4 Å². The van der Waals surface area contributed by atoms with Gasteiger partial charge in [0.15, 0.2) is 0 Å². The number of nitriles is 1. The average Bonchev–Trinajstić information content (AvgIpc) is 3.35. The Bertz CT molecular complexity index is 1400. The molecule has 1 aromatic carbocycles. The van der Waals surface area contributed by atoms with E-state index in [-0.39, 0.29) is 42.1 Å². The number of aliphatic hydroxyl groups is 1. The summed E-state index contributed by atoms with van der Waals surface area (Å²) < 4.78 is 53.3. The quantitative estimate of drug-likeness (QED) is 0.452. The first-order valence-corrected chi connectivity index (χ1v) is 11.2. The molecule has 12 heteroatoms. The first-order valence-electron chi connectivity index (χ1n) is 10.8. The predicted molar refractivity (Wildman–Crippen MR) is 119 cm³/mol. The van der Waals surface area contributed by atoms with Gasteiger partial charge in [-0.1, -0.05) is 11.6 Å². The van der Waals surface area contributed by atoms with Crippen LogP contribution in [-0.2, 0) is 22.1 Å². The van der Waals surface area contributed by atoms with Gasteiger partial charge in [0.25, 0.3) is 0 Å². The van der Waals surface area contributed by atoms with Crippen LogP contribution in [0.3, 0.4) is 0 Å². The molecule has 3 atom stereocenters. The number of aliphatic hydroxyl groups excluding tert-OH is 1. The average molecular weight is 522 g/mol. The van der Waals surface area contributed by atoms with E-state index in [2.05, 4.69) is 4.98 Å². The zero-order chi connectivity index (χ0) is 26.0. The summed E-state index contributed by atoms with van der Waals surface area (Å²) in [6.45, 7) is 1.59. The fourth-order valence-corrected chi connectivity index (χ4v) is 5.25. The van der Waals surface area contributed by atoms with E-state index in [1.807, 2.05) is 0 Å². The molecule has 2 unspecified atom stereocenters. The van der Waals surface area contributed by atoms with Gasteiger partial charge in [0.05, 0.1) is 51.7 Å². The van der Waals surface area contributed by atoms with E-state index < -0.39 is 46.4 Å². The Labute approximate surface area is 207 Å². The summed E-state index contributed by atoms with van der Waals surface area (Å²) in [7, 11) is 0. The Kier molecular flexibility index (Phi) is 5.41. The lowest BCUT2D eigenvalue weighted by molar-refractivity contribution is -0.137. The Hall–Kier alpha value is -3.46.